The Morgan fingerprint density at radius 1 is 1.04 bits per heavy atom. The van der Waals surface area contributed by atoms with Crippen LogP contribution in [0.1, 0.15) is 46.5 Å². The molecule has 1 amide bonds. The maximum atomic E-state index is 12.1. The minimum Gasteiger partial charge on any atom is -0.444 e. The molecule has 3 aliphatic rings. The van der Waals surface area contributed by atoms with Gasteiger partial charge in [0.1, 0.15) is 5.60 Å². The van der Waals surface area contributed by atoms with E-state index >= 15 is 0 Å². The van der Waals surface area contributed by atoms with Gasteiger partial charge < -0.3 is 14.4 Å². The van der Waals surface area contributed by atoms with Crippen LogP contribution in [0.5, 0.6) is 0 Å². The number of ether oxygens (including phenoxy) is 2. The summed E-state index contributed by atoms with van der Waals surface area (Å²) in [5.41, 5.74) is -0.396. The zero-order valence-corrected chi connectivity index (χ0v) is 14.9. The fourth-order valence-electron chi connectivity index (χ4n) is 4.09. The summed E-state index contributed by atoms with van der Waals surface area (Å²) in [5.74, 6) is 1.40. The Hall–Kier alpha value is -0.810. The van der Waals surface area contributed by atoms with E-state index in [9.17, 15) is 4.79 Å². The van der Waals surface area contributed by atoms with Gasteiger partial charge in [0.05, 0.1) is 0 Å². The van der Waals surface area contributed by atoms with Gasteiger partial charge in [-0.1, -0.05) is 0 Å². The van der Waals surface area contributed by atoms with Gasteiger partial charge in [-0.3, -0.25) is 4.90 Å². The van der Waals surface area contributed by atoms with Crippen LogP contribution in [0.4, 0.5) is 4.79 Å². The minimum atomic E-state index is -0.396. The quantitative estimate of drug-likeness (QED) is 0.783. The van der Waals surface area contributed by atoms with Crippen molar-refractivity contribution in [3.8, 4) is 0 Å². The number of nitrogens with zero attached hydrogens (tertiary/aromatic N) is 2. The number of carbonyl (C=O) groups is 1. The highest BCUT2D eigenvalue weighted by Gasteiger charge is 2.40. The van der Waals surface area contributed by atoms with Crippen LogP contribution in [0.25, 0.3) is 0 Å². The third-order valence-electron chi connectivity index (χ3n) is 5.42. The highest BCUT2D eigenvalue weighted by Crippen LogP contribution is 2.33. The van der Waals surface area contributed by atoms with E-state index < -0.39 is 5.60 Å². The molecule has 23 heavy (non-hydrogen) atoms. The van der Waals surface area contributed by atoms with E-state index in [1.54, 1.807) is 0 Å². The van der Waals surface area contributed by atoms with E-state index in [0.717, 1.165) is 32.2 Å². The Kier molecular flexibility index (Phi) is 5.16. The van der Waals surface area contributed by atoms with E-state index in [1.165, 1.54) is 38.8 Å². The first kappa shape index (κ1) is 17.0. The van der Waals surface area contributed by atoms with Gasteiger partial charge in [0.15, 0.2) is 0 Å². The molecule has 0 aromatic rings. The first-order valence-corrected chi connectivity index (χ1v) is 9.22. The lowest BCUT2D eigenvalue weighted by molar-refractivity contribution is -0.0309. The number of piperidine rings is 1. The van der Waals surface area contributed by atoms with Crippen molar-refractivity contribution in [1.82, 2.24) is 9.80 Å². The predicted molar refractivity (Wildman–Crippen MR) is 89.4 cm³/mol. The summed E-state index contributed by atoms with van der Waals surface area (Å²) in [7, 11) is 0. The zero-order valence-electron chi connectivity index (χ0n) is 14.9. The SMILES string of the molecule is CC(C)(C)OC(=O)N1CC([C@H]2CCCN(C3CCOCC3)C2)C1. The van der Waals surface area contributed by atoms with Gasteiger partial charge in [0.25, 0.3) is 0 Å². The molecule has 5 heteroatoms. The van der Waals surface area contributed by atoms with Gasteiger partial charge in [-0.05, 0) is 64.8 Å². The number of hydrogen-bond acceptors (Lipinski definition) is 4. The molecular formula is C18H32N2O3. The van der Waals surface area contributed by atoms with Crippen LogP contribution >= 0.6 is 0 Å². The molecule has 3 rings (SSSR count). The third kappa shape index (κ3) is 4.38. The fraction of sp³-hybridized carbons (Fsp3) is 0.944. The van der Waals surface area contributed by atoms with Crippen LogP contribution in [0.15, 0.2) is 0 Å². The van der Waals surface area contributed by atoms with Crippen molar-refractivity contribution in [1.29, 1.82) is 0 Å². The van der Waals surface area contributed by atoms with Crippen LogP contribution in [0.2, 0.25) is 0 Å². The second kappa shape index (κ2) is 6.98. The second-order valence-electron chi connectivity index (χ2n) is 8.39. The van der Waals surface area contributed by atoms with E-state index in [0.29, 0.717) is 12.0 Å². The number of rotatable bonds is 2. The minimum absolute atomic E-state index is 0.147. The Labute approximate surface area is 140 Å². The number of hydrogen-bond donors (Lipinski definition) is 0. The van der Waals surface area contributed by atoms with Crippen molar-refractivity contribution in [3.05, 3.63) is 0 Å². The lowest BCUT2D eigenvalue weighted by atomic mass is 9.80. The lowest BCUT2D eigenvalue weighted by Gasteiger charge is -2.48. The Bertz CT molecular complexity index is 409. The van der Waals surface area contributed by atoms with Gasteiger partial charge >= 0.3 is 6.09 Å². The van der Waals surface area contributed by atoms with E-state index in [1.807, 2.05) is 25.7 Å². The Morgan fingerprint density at radius 2 is 1.74 bits per heavy atom. The Balaban J connectivity index is 1.45. The molecule has 0 radical (unpaired) electrons. The summed E-state index contributed by atoms with van der Waals surface area (Å²) in [4.78, 5) is 16.6. The molecule has 0 bridgehead atoms. The predicted octanol–water partition coefficient (Wildman–Crippen LogP) is 2.74. The largest absolute Gasteiger partial charge is 0.444 e. The van der Waals surface area contributed by atoms with Crippen LogP contribution in [-0.2, 0) is 9.47 Å². The van der Waals surface area contributed by atoms with Crippen molar-refractivity contribution >= 4 is 6.09 Å². The number of amides is 1. The molecule has 132 valence electrons. The maximum Gasteiger partial charge on any atom is 0.410 e. The van der Waals surface area contributed by atoms with Gasteiger partial charge in [-0.15, -0.1) is 0 Å². The van der Waals surface area contributed by atoms with Crippen LogP contribution in [0, 0.1) is 11.8 Å². The van der Waals surface area contributed by atoms with Gasteiger partial charge in [-0.2, -0.15) is 0 Å². The van der Waals surface area contributed by atoms with Crippen LogP contribution in [-0.4, -0.2) is 66.9 Å². The highest BCUT2D eigenvalue weighted by atomic mass is 16.6. The Morgan fingerprint density at radius 3 is 2.39 bits per heavy atom. The second-order valence-corrected chi connectivity index (χ2v) is 8.39. The van der Waals surface area contributed by atoms with Crippen molar-refractivity contribution in [2.75, 3.05) is 39.4 Å². The van der Waals surface area contributed by atoms with Crippen molar-refractivity contribution in [2.24, 2.45) is 11.8 Å². The van der Waals surface area contributed by atoms with E-state index in [-0.39, 0.29) is 6.09 Å². The standard InChI is InChI=1S/C18H32N2O3/c1-18(2,3)23-17(21)20-12-15(13-20)14-5-4-8-19(11-14)16-6-9-22-10-7-16/h14-16H,4-13H2,1-3H3/t14-/m0/s1. The van der Waals surface area contributed by atoms with Gasteiger partial charge in [0, 0.05) is 38.9 Å². The first-order valence-electron chi connectivity index (χ1n) is 9.22. The summed E-state index contributed by atoms with van der Waals surface area (Å²) in [6.45, 7) is 11.8. The molecule has 0 aromatic carbocycles. The van der Waals surface area contributed by atoms with Crippen molar-refractivity contribution in [3.63, 3.8) is 0 Å². The smallest absolute Gasteiger partial charge is 0.410 e. The molecule has 0 saturated carbocycles. The van der Waals surface area contributed by atoms with Crippen molar-refractivity contribution < 1.29 is 14.3 Å². The summed E-state index contributed by atoms with van der Waals surface area (Å²) in [6.07, 6.45) is 4.83. The van der Waals surface area contributed by atoms with E-state index in [2.05, 4.69) is 4.90 Å². The average molecular weight is 324 g/mol. The van der Waals surface area contributed by atoms with Crippen LogP contribution < -0.4 is 0 Å². The maximum absolute atomic E-state index is 12.1. The molecule has 3 heterocycles. The summed E-state index contributed by atoms with van der Waals surface area (Å²) in [6, 6.07) is 0.716. The number of likely N-dealkylation sites (tertiary alicyclic amines) is 2. The molecule has 5 nitrogen and oxygen atoms in total. The van der Waals surface area contributed by atoms with Gasteiger partial charge in [0.2, 0.25) is 0 Å². The monoisotopic (exact) mass is 324 g/mol. The third-order valence-corrected chi connectivity index (χ3v) is 5.42. The topological polar surface area (TPSA) is 42.0 Å². The molecule has 1 atom stereocenters. The molecule has 3 aliphatic heterocycles. The molecule has 0 spiro atoms. The molecule has 3 fully saturated rings. The van der Waals surface area contributed by atoms with Gasteiger partial charge in [-0.25, -0.2) is 4.79 Å². The number of carbonyl (C=O) groups excluding carboxylic acids is 1. The summed E-state index contributed by atoms with van der Waals surface area (Å²) >= 11 is 0. The molecule has 0 N–H and O–H groups in total. The average Bonchev–Trinajstić information content (AvgIpc) is 2.45. The highest BCUT2D eigenvalue weighted by molar-refractivity contribution is 5.69. The van der Waals surface area contributed by atoms with Crippen molar-refractivity contribution in [2.45, 2.75) is 58.1 Å². The fourth-order valence-corrected chi connectivity index (χ4v) is 4.09. The normalized spacial score (nSPS) is 28.5. The first-order chi connectivity index (χ1) is 10.9. The summed E-state index contributed by atoms with van der Waals surface area (Å²) in [5, 5.41) is 0. The summed E-state index contributed by atoms with van der Waals surface area (Å²) < 4.78 is 10.9. The molecular weight excluding hydrogens is 292 g/mol. The zero-order chi connectivity index (χ0) is 16.4. The molecule has 0 aromatic heterocycles. The molecule has 3 saturated heterocycles. The van der Waals surface area contributed by atoms with Crippen LogP contribution in [0.3, 0.4) is 0 Å². The molecule has 0 aliphatic carbocycles. The lowest BCUT2D eigenvalue weighted by Crippen LogP contribution is -2.57. The molecule has 0 unspecified atom stereocenters. The van der Waals surface area contributed by atoms with E-state index in [4.69, 9.17) is 9.47 Å².